The fraction of sp³-hybridized carbons (Fsp3) is 0.750. The summed E-state index contributed by atoms with van der Waals surface area (Å²) in [7, 11) is 0. The number of ether oxygens (including phenoxy) is 2. The van der Waals surface area contributed by atoms with Crippen molar-refractivity contribution in [3.8, 4) is 0 Å². The van der Waals surface area contributed by atoms with Gasteiger partial charge in [0.1, 0.15) is 5.82 Å². The lowest BCUT2D eigenvalue weighted by Gasteiger charge is -2.43. The average molecular weight is 307 g/mol. The number of aryl methyl sites for hydroxylation is 1. The number of rotatable bonds is 4. The highest BCUT2D eigenvalue weighted by molar-refractivity contribution is 5.02. The van der Waals surface area contributed by atoms with E-state index in [0.29, 0.717) is 11.9 Å². The van der Waals surface area contributed by atoms with Crippen molar-refractivity contribution in [3.63, 3.8) is 0 Å². The molecule has 122 valence electrons. The molecule has 3 heterocycles. The van der Waals surface area contributed by atoms with Crippen molar-refractivity contribution in [2.24, 2.45) is 0 Å². The molecule has 2 saturated heterocycles. The lowest BCUT2D eigenvalue weighted by molar-refractivity contribution is -0.140. The fourth-order valence-corrected chi connectivity index (χ4v) is 3.47. The molecule has 6 nitrogen and oxygen atoms in total. The lowest BCUT2D eigenvalue weighted by Crippen LogP contribution is -2.50. The Morgan fingerprint density at radius 3 is 3.00 bits per heavy atom. The second kappa shape index (κ2) is 6.89. The number of hydrogen-bond donors (Lipinski definition) is 2. The Morgan fingerprint density at radius 1 is 1.41 bits per heavy atom. The summed E-state index contributed by atoms with van der Waals surface area (Å²) in [6.45, 7) is 5.09. The summed E-state index contributed by atoms with van der Waals surface area (Å²) in [5.41, 5.74) is 0.795. The van der Waals surface area contributed by atoms with Gasteiger partial charge in [0.05, 0.1) is 5.60 Å². The molecule has 0 radical (unpaired) electrons. The van der Waals surface area contributed by atoms with Crippen molar-refractivity contribution in [3.05, 3.63) is 27.9 Å². The second-order valence-electron chi connectivity index (χ2n) is 6.36. The van der Waals surface area contributed by atoms with E-state index in [2.05, 4.69) is 15.3 Å². The molecule has 2 N–H and O–H groups in total. The van der Waals surface area contributed by atoms with Crippen LogP contribution < -0.4 is 10.9 Å². The summed E-state index contributed by atoms with van der Waals surface area (Å²) >= 11 is 0. The van der Waals surface area contributed by atoms with Crippen LogP contribution in [0.4, 0.5) is 0 Å². The molecule has 0 aromatic carbocycles. The van der Waals surface area contributed by atoms with Crippen molar-refractivity contribution in [2.75, 3.05) is 26.4 Å². The third-order valence-electron chi connectivity index (χ3n) is 4.62. The molecule has 0 saturated carbocycles. The van der Waals surface area contributed by atoms with E-state index >= 15 is 0 Å². The predicted octanol–water partition coefficient (Wildman–Crippen LogP) is 0.939. The highest BCUT2D eigenvalue weighted by atomic mass is 16.5. The third-order valence-corrected chi connectivity index (χ3v) is 4.62. The maximum Gasteiger partial charge on any atom is 0.251 e. The van der Waals surface area contributed by atoms with Crippen LogP contribution >= 0.6 is 0 Å². The molecule has 0 unspecified atom stereocenters. The van der Waals surface area contributed by atoms with Gasteiger partial charge in [0.15, 0.2) is 0 Å². The van der Waals surface area contributed by atoms with Crippen LogP contribution in [-0.4, -0.2) is 48.0 Å². The maximum absolute atomic E-state index is 11.4. The van der Waals surface area contributed by atoms with E-state index in [0.717, 1.165) is 64.2 Å². The van der Waals surface area contributed by atoms with Crippen LogP contribution in [-0.2, 0) is 15.9 Å². The minimum atomic E-state index is -0.0743. The summed E-state index contributed by atoms with van der Waals surface area (Å²) in [4.78, 5) is 18.5. The molecule has 0 aliphatic carbocycles. The quantitative estimate of drug-likeness (QED) is 0.866. The number of hydrogen-bond acceptors (Lipinski definition) is 5. The summed E-state index contributed by atoms with van der Waals surface area (Å²) in [5, 5.41) is 3.61. The normalized spacial score (nSPS) is 24.5. The highest BCUT2D eigenvalue weighted by Crippen LogP contribution is 2.34. The third kappa shape index (κ3) is 3.94. The van der Waals surface area contributed by atoms with Crippen LogP contribution in [0.25, 0.3) is 0 Å². The van der Waals surface area contributed by atoms with Gasteiger partial charge in [-0.3, -0.25) is 4.79 Å². The van der Waals surface area contributed by atoms with Crippen LogP contribution in [0, 0.1) is 6.92 Å². The molecule has 22 heavy (non-hydrogen) atoms. The van der Waals surface area contributed by atoms with Gasteiger partial charge in [-0.2, -0.15) is 0 Å². The minimum Gasteiger partial charge on any atom is -0.381 e. The smallest absolute Gasteiger partial charge is 0.251 e. The lowest BCUT2D eigenvalue weighted by atomic mass is 9.84. The molecule has 0 amide bonds. The largest absolute Gasteiger partial charge is 0.381 e. The molecule has 1 aromatic heterocycles. The van der Waals surface area contributed by atoms with Gasteiger partial charge in [-0.05, 0) is 32.6 Å². The number of nitrogens with one attached hydrogen (secondary N) is 2. The topological polar surface area (TPSA) is 76.2 Å². The Bertz CT molecular complexity index is 546. The zero-order valence-corrected chi connectivity index (χ0v) is 13.2. The Labute approximate surface area is 130 Å². The van der Waals surface area contributed by atoms with Crippen LogP contribution in [0.3, 0.4) is 0 Å². The number of nitrogens with zero attached hydrogens (tertiary/aromatic N) is 1. The van der Waals surface area contributed by atoms with Gasteiger partial charge in [-0.1, -0.05) is 0 Å². The van der Waals surface area contributed by atoms with Crippen molar-refractivity contribution >= 4 is 0 Å². The van der Waals surface area contributed by atoms with E-state index < -0.39 is 0 Å². The van der Waals surface area contributed by atoms with Gasteiger partial charge in [-0.15, -0.1) is 0 Å². The number of aromatic amines is 1. The molecule has 2 aliphatic heterocycles. The zero-order valence-electron chi connectivity index (χ0n) is 13.2. The number of aromatic nitrogens is 2. The Morgan fingerprint density at radius 2 is 2.23 bits per heavy atom. The maximum atomic E-state index is 11.4. The average Bonchev–Trinajstić information content (AvgIpc) is 2.47. The molecule has 0 bridgehead atoms. The molecule has 1 spiro atoms. The molecule has 2 aliphatic rings. The first kappa shape index (κ1) is 15.6. The fourth-order valence-electron chi connectivity index (χ4n) is 3.47. The monoisotopic (exact) mass is 307 g/mol. The zero-order chi connectivity index (χ0) is 15.4. The van der Waals surface area contributed by atoms with E-state index in [1.807, 2.05) is 6.92 Å². The van der Waals surface area contributed by atoms with Crippen LogP contribution in [0.15, 0.2) is 10.9 Å². The van der Waals surface area contributed by atoms with Crippen LogP contribution in [0.5, 0.6) is 0 Å². The van der Waals surface area contributed by atoms with E-state index in [-0.39, 0.29) is 11.2 Å². The number of H-pyrrole nitrogens is 1. The molecule has 3 rings (SSSR count). The standard InChI is InChI=1S/C16H25N3O3/c1-12-18-13(10-15(20)19-12)2-6-17-14-3-7-22-16(11-14)4-8-21-9-5-16/h10,14,17H,2-9,11H2,1H3,(H,18,19,20)/t14-/m1/s1. The summed E-state index contributed by atoms with van der Waals surface area (Å²) in [6.07, 6.45) is 4.88. The first-order valence-corrected chi connectivity index (χ1v) is 8.17. The summed E-state index contributed by atoms with van der Waals surface area (Å²) in [5.74, 6) is 0.676. The summed E-state index contributed by atoms with van der Waals surface area (Å²) in [6, 6.07) is 2.06. The first-order chi connectivity index (χ1) is 10.7. The van der Waals surface area contributed by atoms with Gasteiger partial charge >= 0.3 is 0 Å². The Balaban J connectivity index is 1.49. The Hall–Kier alpha value is -1.24. The van der Waals surface area contributed by atoms with E-state index in [1.165, 1.54) is 0 Å². The molecular formula is C16H25N3O3. The van der Waals surface area contributed by atoms with Crippen molar-refractivity contribution in [1.29, 1.82) is 0 Å². The molecule has 6 heteroatoms. The van der Waals surface area contributed by atoms with E-state index in [1.54, 1.807) is 6.07 Å². The van der Waals surface area contributed by atoms with Gasteiger partial charge in [-0.25, -0.2) is 4.98 Å². The van der Waals surface area contributed by atoms with Gasteiger partial charge < -0.3 is 19.8 Å². The van der Waals surface area contributed by atoms with Gasteiger partial charge in [0.2, 0.25) is 0 Å². The van der Waals surface area contributed by atoms with Crippen molar-refractivity contribution in [2.45, 2.75) is 50.7 Å². The molecule has 1 aromatic rings. The molecule has 1 atom stereocenters. The van der Waals surface area contributed by atoms with Crippen LogP contribution in [0.2, 0.25) is 0 Å². The second-order valence-corrected chi connectivity index (χ2v) is 6.36. The van der Waals surface area contributed by atoms with Crippen molar-refractivity contribution in [1.82, 2.24) is 15.3 Å². The predicted molar refractivity (Wildman–Crippen MR) is 83.1 cm³/mol. The SMILES string of the molecule is Cc1nc(CCN[C@@H]2CCOC3(CCOCC3)C2)cc(=O)[nH]1. The highest BCUT2D eigenvalue weighted by Gasteiger charge is 2.38. The van der Waals surface area contributed by atoms with E-state index in [9.17, 15) is 4.79 Å². The van der Waals surface area contributed by atoms with Crippen LogP contribution in [0.1, 0.15) is 37.2 Å². The van der Waals surface area contributed by atoms with Gasteiger partial charge in [0.25, 0.3) is 5.56 Å². The van der Waals surface area contributed by atoms with Crippen molar-refractivity contribution < 1.29 is 9.47 Å². The first-order valence-electron chi connectivity index (χ1n) is 8.17. The molecular weight excluding hydrogens is 282 g/mol. The Kier molecular flexibility index (Phi) is 4.90. The summed E-state index contributed by atoms with van der Waals surface area (Å²) < 4.78 is 11.5. The van der Waals surface area contributed by atoms with E-state index in [4.69, 9.17) is 9.47 Å². The van der Waals surface area contributed by atoms with Gasteiger partial charge in [0, 0.05) is 50.6 Å². The molecule has 2 fully saturated rings. The minimum absolute atomic E-state index is 0.0207.